The maximum absolute atomic E-state index is 10.8. The van der Waals surface area contributed by atoms with Crippen LogP contribution in [-0.2, 0) is 0 Å². The number of carbonyl (C=O) groups excluding carboxylic acids is 1. The maximum Gasteiger partial charge on any atom is 0.220 e. The van der Waals surface area contributed by atoms with E-state index in [-0.39, 0.29) is 5.78 Å². The van der Waals surface area contributed by atoms with Crippen molar-refractivity contribution >= 4 is 5.78 Å². The molecule has 0 N–H and O–H groups in total. The van der Waals surface area contributed by atoms with Crippen LogP contribution >= 0.6 is 0 Å². The van der Waals surface area contributed by atoms with Crippen LogP contribution in [0.4, 0.5) is 0 Å². The summed E-state index contributed by atoms with van der Waals surface area (Å²) in [5, 5.41) is 0. The fourth-order valence-electron chi connectivity index (χ4n) is 0.661. The monoisotopic (exact) mass is 136 g/mol. The predicted molar refractivity (Wildman–Crippen MR) is 38.0 cm³/mol. The molecule has 0 atom stereocenters. The summed E-state index contributed by atoms with van der Waals surface area (Å²) in [7, 11) is 0. The van der Waals surface area contributed by atoms with Gasteiger partial charge in [0.25, 0.3) is 0 Å². The van der Waals surface area contributed by atoms with Crippen LogP contribution in [0.25, 0.3) is 0 Å². The van der Waals surface area contributed by atoms with Crippen LogP contribution in [0.15, 0.2) is 29.4 Å². The molecule has 1 rings (SSSR count). The van der Waals surface area contributed by atoms with Gasteiger partial charge in [-0.1, -0.05) is 6.58 Å². The van der Waals surface area contributed by atoms with E-state index in [1.807, 2.05) is 6.92 Å². The average molecular weight is 136 g/mol. The highest BCUT2D eigenvalue weighted by atomic mass is 16.3. The number of hydrogen-bond acceptors (Lipinski definition) is 2. The minimum Gasteiger partial charge on any atom is -0.461 e. The average Bonchev–Trinajstić information content (AvgIpc) is 2.34. The summed E-state index contributed by atoms with van der Waals surface area (Å²) in [6.45, 7) is 5.20. The van der Waals surface area contributed by atoms with E-state index in [1.165, 1.54) is 12.3 Å². The Morgan fingerprint density at radius 3 is 2.90 bits per heavy atom. The quantitative estimate of drug-likeness (QED) is 0.459. The molecule has 0 aromatic carbocycles. The first-order valence-corrected chi connectivity index (χ1v) is 2.96. The van der Waals surface area contributed by atoms with Gasteiger partial charge in [0.05, 0.1) is 6.26 Å². The molecule has 52 valence electrons. The molecule has 1 aromatic heterocycles. The number of ketones is 1. The van der Waals surface area contributed by atoms with Crippen molar-refractivity contribution in [1.82, 2.24) is 0 Å². The highest BCUT2D eigenvalue weighted by Gasteiger charge is 2.03. The lowest BCUT2D eigenvalue weighted by Gasteiger charge is -1.82. The third-order valence-corrected chi connectivity index (χ3v) is 1.16. The molecule has 0 aliphatic heterocycles. The zero-order chi connectivity index (χ0) is 7.56. The van der Waals surface area contributed by atoms with Crippen LogP contribution in [0.2, 0.25) is 0 Å². The summed E-state index contributed by atoms with van der Waals surface area (Å²) in [4.78, 5) is 10.8. The molecule has 0 saturated carbocycles. The Morgan fingerprint density at radius 1 is 1.80 bits per heavy atom. The SMILES string of the molecule is C=CC(=O)c1cc(C)co1. The lowest BCUT2D eigenvalue weighted by Crippen LogP contribution is -1.88. The minimum absolute atomic E-state index is 0.173. The van der Waals surface area contributed by atoms with Crippen molar-refractivity contribution in [3.8, 4) is 0 Å². The first-order chi connectivity index (χ1) is 4.74. The fourth-order valence-corrected chi connectivity index (χ4v) is 0.661. The molecule has 0 unspecified atom stereocenters. The van der Waals surface area contributed by atoms with Crippen molar-refractivity contribution in [2.45, 2.75) is 6.92 Å². The fraction of sp³-hybridized carbons (Fsp3) is 0.125. The van der Waals surface area contributed by atoms with Crippen LogP contribution in [0.5, 0.6) is 0 Å². The molecule has 2 nitrogen and oxygen atoms in total. The molecule has 0 fully saturated rings. The van der Waals surface area contributed by atoms with Gasteiger partial charge in [0.1, 0.15) is 0 Å². The highest BCUT2D eigenvalue weighted by Crippen LogP contribution is 2.06. The van der Waals surface area contributed by atoms with E-state index in [0.717, 1.165) is 5.56 Å². The standard InChI is InChI=1S/C8H8O2/c1-3-7(9)8-4-6(2)5-10-8/h3-5H,1H2,2H3. The molecule has 1 heterocycles. The topological polar surface area (TPSA) is 30.2 Å². The third kappa shape index (κ3) is 1.16. The molecular formula is C8H8O2. The molecule has 1 aromatic rings. The van der Waals surface area contributed by atoms with Crippen molar-refractivity contribution < 1.29 is 9.21 Å². The maximum atomic E-state index is 10.8. The molecule has 2 heteroatoms. The number of carbonyl (C=O) groups is 1. The van der Waals surface area contributed by atoms with Gasteiger partial charge >= 0.3 is 0 Å². The first-order valence-electron chi connectivity index (χ1n) is 2.96. The Morgan fingerprint density at radius 2 is 2.50 bits per heavy atom. The number of allylic oxidation sites excluding steroid dienone is 1. The van der Waals surface area contributed by atoms with E-state index in [2.05, 4.69) is 6.58 Å². The second-order valence-electron chi connectivity index (χ2n) is 2.06. The molecule has 0 bridgehead atoms. The van der Waals surface area contributed by atoms with Crippen LogP contribution in [-0.4, -0.2) is 5.78 Å². The number of aryl methyl sites for hydroxylation is 1. The van der Waals surface area contributed by atoms with E-state index in [4.69, 9.17) is 4.42 Å². The Balaban J connectivity index is 2.95. The van der Waals surface area contributed by atoms with Gasteiger partial charge in [-0.3, -0.25) is 4.79 Å². The third-order valence-electron chi connectivity index (χ3n) is 1.16. The second-order valence-corrected chi connectivity index (χ2v) is 2.06. The predicted octanol–water partition coefficient (Wildman–Crippen LogP) is 1.96. The van der Waals surface area contributed by atoms with Crippen LogP contribution in [0.1, 0.15) is 16.1 Å². The summed E-state index contributed by atoms with van der Waals surface area (Å²) in [5.74, 6) is 0.181. The van der Waals surface area contributed by atoms with Crippen molar-refractivity contribution in [1.29, 1.82) is 0 Å². The van der Waals surface area contributed by atoms with Crippen molar-refractivity contribution in [3.63, 3.8) is 0 Å². The molecule has 10 heavy (non-hydrogen) atoms. The van der Waals surface area contributed by atoms with Crippen LogP contribution < -0.4 is 0 Å². The number of furan rings is 1. The van der Waals surface area contributed by atoms with E-state index in [9.17, 15) is 4.79 Å². The lowest BCUT2D eigenvalue weighted by atomic mass is 10.3. The van der Waals surface area contributed by atoms with Gasteiger partial charge in [-0.25, -0.2) is 0 Å². The normalized spacial score (nSPS) is 9.30. The lowest BCUT2D eigenvalue weighted by molar-refractivity contribution is 0.102. The molecule has 0 spiro atoms. The van der Waals surface area contributed by atoms with E-state index in [0.29, 0.717) is 5.76 Å². The van der Waals surface area contributed by atoms with Crippen molar-refractivity contribution in [3.05, 3.63) is 36.3 Å². The summed E-state index contributed by atoms with van der Waals surface area (Å²) in [5.41, 5.74) is 0.949. The van der Waals surface area contributed by atoms with Gasteiger partial charge < -0.3 is 4.42 Å². The zero-order valence-corrected chi connectivity index (χ0v) is 5.76. The van der Waals surface area contributed by atoms with Crippen LogP contribution in [0.3, 0.4) is 0 Å². The van der Waals surface area contributed by atoms with E-state index < -0.39 is 0 Å². The van der Waals surface area contributed by atoms with Gasteiger partial charge in [-0.05, 0) is 24.6 Å². The van der Waals surface area contributed by atoms with Crippen molar-refractivity contribution in [2.24, 2.45) is 0 Å². The smallest absolute Gasteiger partial charge is 0.220 e. The van der Waals surface area contributed by atoms with Gasteiger partial charge in [-0.15, -0.1) is 0 Å². The molecular weight excluding hydrogens is 128 g/mol. The van der Waals surface area contributed by atoms with E-state index in [1.54, 1.807) is 6.07 Å². The van der Waals surface area contributed by atoms with Gasteiger partial charge in [0.15, 0.2) is 5.76 Å². The van der Waals surface area contributed by atoms with Crippen LogP contribution in [0, 0.1) is 6.92 Å². The molecule has 0 radical (unpaired) electrons. The Kier molecular flexibility index (Phi) is 1.71. The molecule has 0 amide bonds. The summed E-state index contributed by atoms with van der Waals surface area (Å²) >= 11 is 0. The largest absolute Gasteiger partial charge is 0.461 e. The summed E-state index contributed by atoms with van der Waals surface area (Å²) < 4.78 is 4.90. The number of hydrogen-bond donors (Lipinski definition) is 0. The van der Waals surface area contributed by atoms with Gasteiger partial charge in [-0.2, -0.15) is 0 Å². The summed E-state index contributed by atoms with van der Waals surface area (Å²) in [6.07, 6.45) is 2.77. The Bertz CT molecular complexity index is 258. The second kappa shape index (κ2) is 2.52. The van der Waals surface area contributed by atoms with Gasteiger partial charge in [0.2, 0.25) is 5.78 Å². The molecule has 0 aliphatic rings. The Hall–Kier alpha value is -1.31. The highest BCUT2D eigenvalue weighted by molar-refractivity contribution is 6.02. The molecule has 0 aliphatic carbocycles. The van der Waals surface area contributed by atoms with Crippen molar-refractivity contribution in [2.75, 3.05) is 0 Å². The first kappa shape index (κ1) is 6.81. The van der Waals surface area contributed by atoms with Gasteiger partial charge in [0, 0.05) is 0 Å². The Labute approximate surface area is 59.2 Å². The number of rotatable bonds is 2. The minimum atomic E-state index is -0.173. The van der Waals surface area contributed by atoms with E-state index >= 15 is 0 Å². The zero-order valence-electron chi connectivity index (χ0n) is 5.76. The molecule has 0 saturated heterocycles. The summed E-state index contributed by atoms with van der Waals surface area (Å²) in [6, 6.07) is 1.68.